The van der Waals surface area contributed by atoms with Crippen LogP contribution in [0.25, 0.3) is 0 Å². The van der Waals surface area contributed by atoms with Crippen LogP contribution < -0.4 is 10.1 Å². The summed E-state index contributed by atoms with van der Waals surface area (Å²) in [5, 5.41) is 3.10. The van der Waals surface area contributed by atoms with Crippen molar-refractivity contribution in [2.75, 3.05) is 39.8 Å². The summed E-state index contributed by atoms with van der Waals surface area (Å²) in [5.41, 5.74) is 1.05. The van der Waals surface area contributed by atoms with Crippen LogP contribution in [0.3, 0.4) is 0 Å². The lowest BCUT2D eigenvalue weighted by Crippen LogP contribution is -2.46. The smallest absolute Gasteiger partial charge is 0.224 e. The molecule has 1 fully saturated rings. The van der Waals surface area contributed by atoms with Gasteiger partial charge in [-0.15, -0.1) is 0 Å². The van der Waals surface area contributed by atoms with Crippen molar-refractivity contribution in [3.63, 3.8) is 0 Å². The molecule has 1 aliphatic heterocycles. The van der Waals surface area contributed by atoms with E-state index >= 15 is 0 Å². The Morgan fingerprint density at radius 1 is 0.838 bits per heavy atom. The molecule has 4 nitrogen and oxygen atoms in total. The van der Waals surface area contributed by atoms with Crippen molar-refractivity contribution in [1.29, 1.82) is 0 Å². The van der Waals surface area contributed by atoms with E-state index in [0.717, 1.165) is 41.9 Å². The zero-order valence-electron chi connectivity index (χ0n) is 24.3. The van der Waals surface area contributed by atoms with Gasteiger partial charge in [0.05, 0.1) is 46.3 Å². The number of nitrogens with one attached hydrogen (secondary N) is 1. The Hall–Kier alpha value is -1.81. The van der Waals surface area contributed by atoms with E-state index in [9.17, 15) is 4.79 Å². The van der Waals surface area contributed by atoms with Crippen LogP contribution in [0.4, 0.5) is 0 Å². The maximum absolute atomic E-state index is 12.3. The Labute approximate surface area is 228 Å². The summed E-state index contributed by atoms with van der Waals surface area (Å²) in [6.07, 6.45) is 26.4. The highest BCUT2D eigenvalue weighted by atomic mass is 16.5. The normalized spacial score (nSPS) is 14.9. The van der Waals surface area contributed by atoms with Gasteiger partial charge in [0.25, 0.3) is 0 Å². The van der Waals surface area contributed by atoms with Gasteiger partial charge >= 0.3 is 0 Å². The molecule has 0 bridgehead atoms. The summed E-state index contributed by atoms with van der Waals surface area (Å²) in [6, 6.07) is 8.04. The van der Waals surface area contributed by atoms with Gasteiger partial charge < -0.3 is 14.5 Å². The summed E-state index contributed by atoms with van der Waals surface area (Å²) >= 11 is 0. The van der Waals surface area contributed by atoms with Crippen LogP contribution in [-0.4, -0.2) is 50.2 Å². The number of hydrogen-bond donors (Lipinski definition) is 1. The molecule has 0 aliphatic carbocycles. The molecule has 0 spiro atoms. The molecule has 0 atom stereocenters. The first-order valence-electron chi connectivity index (χ1n) is 15.6. The van der Waals surface area contributed by atoms with E-state index in [1.54, 1.807) is 0 Å². The van der Waals surface area contributed by atoms with Gasteiger partial charge in [0.1, 0.15) is 5.75 Å². The zero-order chi connectivity index (χ0) is 26.4. The average molecular weight is 514 g/mol. The molecular weight excluding hydrogens is 456 g/mol. The number of benzene rings is 1. The van der Waals surface area contributed by atoms with Crippen molar-refractivity contribution >= 4 is 5.91 Å². The second-order valence-corrected chi connectivity index (χ2v) is 11.5. The van der Waals surface area contributed by atoms with Crippen molar-refractivity contribution in [1.82, 2.24) is 5.32 Å². The molecule has 1 aliphatic rings. The fraction of sp³-hybridized carbons (Fsp3) is 0.727. The SMILES string of the molecule is CCCCCCCC/C=C\CCCCCCCCOc1ccc(CC(=O)NCC[N+]2(C)CCCC2)cc1. The van der Waals surface area contributed by atoms with Gasteiger partial charge in [-0.2, -0.15) is 0 Å². The molecule has 1 aromatic rings. The minimum atomic E-state index is 0.114. The molecule has 0 saturated carbocycles. The topological polar surface area (TPSA) is 38.3 Å². The summed E-state index contributed by atoms with van der Waals surface area (Å²) < 4.78 is 7.01. The number of likely N-dealkylation sites (N-methyl/N-ethyl adjacent to an activating group) is 1. The van der Waals surface area contributed by atoms with E-state index in [2.05, 4.69) is 31.4 Å². The lowest BCUT2D eigenvalue weighted by molar-refractivity contribution is -0.896. The number of hydrogen-bond acceptors (Lipinski definition) is 2. The quantitative estimate of drug-likeness (QED) is 0.0969. The first-order valence-corrected chi connectivity index (χ1v) is 15.6. The summed E-state index contributed by atoms with van der Waals surface area (Å²) in [6.45, 7) is 7.35. The molecule has 1 amide bonds. The second kappa shape index (κ2) is 20.2. The van der Waals surface area contributed by atoms with Crippen LogP contribution >= 0.6 is 0 Å². The van der Waals surface area contributed by atoms with E-state index in [-0.39, 0.29) is 5.91 Å². The fourth-order valence-electron chi connectivity index (χ4n) is 5.28. The summed E-state index contributed by atoms with van der Waals surface area (Å²) in [7, 11) is 2.30. The van der Waals surface area contributed by atoms with Gasteiger partial charge in [0.2, 0.25) is 5.91 Å². The van der Waals surface area contributed by atoms with Gasteiger partial charge in [-0.3, -0.25) is 4.79 Å². The van der Waals surface area contributed by atoms with E-state index in [1.807, 2.05) is 24.3 Å². The molecule has 210 valence electrons. The largest absolute Gasteiger partial charge is 0.494 e. The van der Waals surface area contributed by atoms with Crippen molar-refractivity contribution in [3.05, 3.63) is 42.0 Å². The number of quaternary nitrogens is 1. The predicted octanol–water partition coefficient (Wildman–Crippen LogP) is 8.00. The minimum absolute atomic E-state index is 0.114. The molecule has 1 heterocycles. The fourth-order valence-corrected chi connectivity index (χ4v) is 5.28. The Kier molecular flexibility index (Phi) is 17.1. The van der Waals surface area contributed by atoms with Gasteiger partial charge in [-0.1, -0.05) is 89.0 Å². The highest BCUT2D eigenvalue weighted by Gasteiger charge is 2.26. The van der Waals surface area contributed by atoms with E-state index in [4.69, 9.17) is 4.74 Å². The number of unbranched alkanes of at least 4 members (excludes halogenated alkanes) is 12. The maximum Gasteiger partial charge on any atom is 0.224 e. The van der Waals surface area contributed by atoms with Crippen molar-refractivity contribution in [2.45, 2.75) is 116 Å². The zero-order valence-corrected chi connectivity index (χ0v) is 24.3. The lowest BCUT2D eigenvalue weighted by atomic mass is 10.1. The molecule has 1 N–H and O–H groups in total. The van der Waals surface area contributed by atoms with Crippen molar-refractivity contribution in [3.8, 4) is 5.75 Å². The van der Waals surface area contributed by atoms with Crippen molar-refractivity contribution < 1.29 is 14.0 Å². The number of rotatable bonds is 22. The first kappa shape index (κ1) is 31.4. The predicted molar refractivity (Wildman–Crippen MR) is 158 cm³/mol. The maximum atomic E-state index is 12.3. The van der Waals surface area contributed by atoms with Crippen LogP contribution in [-0.2, 0) is 11.2 Å². The standard InChI is InChI=1S/C33H56N2O2/c1-3-4-5-6-7-8-9-10-11-12-13-14-15-16-17-20-29-37-32-23-21-31(22-24-32)30-33(36)34-25-28-35(2)26-18-19-27-35/h10-11,21-24H,3-9,12-20,25-30H2,1-2H3/p+1/b11-10-. The molecule has 0 aromatic heterocycles. The lowest BCUT2D eigenvalue weighted by Gasteiger charge is -2.29. The first-order chi connectivity index (χ1) is 18.1. The Balaban J connectivity index is 1.39. The highest BCUT2D eigenvalue weighted by Crippen LogP contribution is 2.16. The second-order valence-electron chi connectivity index (χ2n) is 11.5. The third-order valence-electron chi connectivity index (χ3n) is 7.83. The van der Waals surface area contributed by atoms with Gasteiger partial charge in [-0.05, 0) is 49.8 Å². The average Bonchev–Trinajstić information content (AvgIpc) is 3.33. The molecule has 1 saturated heterocycles. The monoisotopic (exact) mass is 513 g/mol. The van der Waals surface area contributed by atoms with E-state index < -0.39 is 0 Å². The van der Waals surface area contributed by atoms with E-state index in [1.165, 1.54) is 109 Å². The molecule has 2 rings (SSSR count). The van der Waals surface area contributed by atoms with Crippen LogP contribution in [0, 0.1) is 0 Å². The van der Waals surface area contributed by atoms with Crippen molar-refractivity contribution in [2.24, 2.45) is 0 Å². The molecule has 37 heavy (non-hydrogen) atoms. The molecule has 0 radical (unpaired) electrons. The van der Waals surface area contributed by atoms with Crippen LogP contribution in [0.1, 0.15) is 115 Å². The highest BCUT2D eigenvalue weighted by molar-refractivity contribution is 5.78. The number of likely N-dealkylation sites (tertiary alicyclic amines) is 1. The third-order valence-corrected chi connectivity index (χ3v) is 7.83. The van der Waals surface area contributed by atoms with Crippen LogP contribution in [0.5, 0.6) is 5.75 Å². The third kappa shape index (κ3) is 15.9. The molecule has 1 aromatic carbocycles. The number of carbonyl (C=O) groups excluding carboxylic acids is 1. The number of ether oxygens (including phenoxy) is 1. The molecular formula is C33H57N2O2+. The number of nitrogens with zero attached hydrogens (tertiary/aromatic N) is 1. The Morgan fingerprint density at radius 3 is 2.03 bits per heavy atom. The summed E-state index contributed by atoms with van der Waals surface area (Å²) in [5.74, 6) is 1.02. The van der Waals surface area contributed by atoms with Crippen LogP contribution in [0.2, 0.25) is 0 Å². The van der Waals surface area contributed by atoms with Gasteiger partial charge in [0.15, 0.2) is 0 Å². The summed E-state index contributed by atoms with van der Waals surface area (Å²) in [4.78, 5) is 12.3. The van der Waals surface area contributed by atoms with Gasteiger partial charge in [0, 0.05) is 12.8 Å². The molecule has 4 heteroatoms. The number of carbonyl (C=O) groups is 1. The van der Waals surface area contributed by atoms with Gasteiger partial charge in [-0.25, -0.2) is 0 Å². The van der Waals surface area contributed by atoms with E-state index in [0.29, 0.717) is 6.42 Å². The minimum Gasteiger partial charge on any atom is -0.494 e. The van der Waals surface area contributed by atoms with Crippen LogP contribution in [0.15, 0.2) is 36.4 Å². The molecule has 0 unspecified atom stereocenters. The Morgan fingerprint density at radius 2 is 1.41 bits per heavy atom. The Bertz CT molecular complexity index is 722. The number of allylic oxidation sites excluding steroid dienone is 2. The number of amides is 1.